The third-order valence-electron chi connectivity index (χ3n) is 2.56. The maximum absolute atomic E-state index is 5.42. The van der Waals surface area contributed by atoms with Crippen molar-refractivity contribution in [2.45, 2.75) is 33.2 Å². The number of hydrogen-bond acceptors (Lipinski definition) is 1. The number of nitrogens with one attached hydrogen (secondary N) is 1. The van der Waals surface area contributed by atoms with Gasteiger partial charge in [0.05, 0.1) is 0 Å². The highest BCUT2D eigenvalue weighted by atomic mass is 32.1. The molecule has 17 heavy (non-hydrogen) atoms. The first-order valence-electron chi connectivity index (χ1n) is 6.34. The standard InChI is InChI=1S/C14H22N2S/c1-3-10-16(11-4-2)14(17)15-12-13-8-6-5-7-9-13/h5-9H,3-4,10-12H2,1-2H3,(H,15,17). The minimum absolute atomic E-state index is 0.809. The summed E-state index contributed by atoms with van der Waals surface area (Å²) in [5.74, 6) is 0. The Labute approximate surface area is 110 Å². The average molecular weight is 250 g/mol. The summed E-state index contributed by atoms with van der Waals surface area (Å²) in [4.78, 5) is 2.25. The van der Waals surface area contributed by atoms with Crippen LogP contribution < -0.4 is 5.32 Å². The van der Waals surface area contributed by atoms with Crippen molar-refractivity contribution in [3.05, 3.63) is 35.9 Å². The van der Waals surface area contributed by atoms with Crippen molar-refractivity contribution in [1.29, 1.82) is 0 Å². The quantitative estimate of drug-likeness (QED) is 0.781. The van der Waals surface area contributed by atoms with Crippen molar-refractivity contribution in [2.75, 3.05) is 13.1 Å². The Balaban J connectivity index is 2.41. The molecule has 94 valence electrons. The third-order valence-corrected chi connectivity index (χ3v) is 2.96. The first-order valence-corrected chi connectivity index (χ1v) is 6.75. The van der Waals surface area contributed by atoms with Crippen LogP contribution in [0.2, 0.25) is 0 Å². The van der Waals surface area contributed by atoms with Gasteiger partial charge in [0.15, 0.2) is 5.11 Å². The van der Waals surface area contributed by atoms with Crippen LogP contribution in [0.4, 0.5) is 0 Å². The summed E-state index contributed by atoms with van der Waals surface area (Å²) in [6, 6.07) is 10.4. The lowest BCUT2D eigenvalue weighted by molar-refractivity contribution is 0.409. The van der Waals surface area contributed by atoms with E-state index in [1.165, 1.54) is 5.56 Å². The molecule has 0 unspecified atom stereocenters. The molecule has 0 heterocycles. The first-order chi connectivity index (χ1) is 8.27. The summed E-state index contributed by atoms with van der Waals surface area (Å²) in [7, 11) is 0. The second kappa shape index (κ2) is 8.07. The highest BCUT2D eigenvalue weighted by molar-refractivity contribution is 7.80. The monoisotopic (exact) mass is 250 g/mol. The van der Waals surface area contributed by atoms with Crippen LogP contribution in [-0.4, -0.2) is 23.1 Å². The van der Waals surface area contributed by atoms with E-state index in [1.807, 2.05) is 6.07 Å². The van der Waals surface area contributed by atoms with Gasteiger partial charge in [0, 0.05) is 19.6 Å². The molecule has 0 aliphatic carbocycles. The highest BCUT2D eigenvalue weighted by Gasteiger charge is 2.06. The smallest absolute Gasteiger partial charge is 0.169 e. The molecule has 0 radical (unpaired) electrons. The second-order valence-corrected chi connectivity index (χ2v) is 4.52. The minimum atomic E-state index is 0.809. The van der Waals surface area contributed by atoms with E-state index >= 15 is 0 Å². The highest BCUT2D eigenvalue weighted by Crippen LogP contribution is 2.00. The molecule has 0 amide bonds. The van der Waals surface area contributed by atoms with Gasteiger partial charge < -0.3 is 10.2 Å². The van der Waals surface area contributed by atoms with Gasteiger partial charge in [0.2, 0.25) is 0 Å². The summed E-state index contributed by atoms with van der Waals surface area (Å²) in [6.45, 7) is 7.25. The van der Waals surface area contributed by atoms with E-state index in [0.29, 0.717) is 0 Å². The van der Waals surface area contributed by atoms with Gasteiger partial charge in [-0.25, -0.2) is 0 Å². The molecule has 0 aliphatic heterocycles. The summed E-state index contributed by atoms with van der Waals surface area (Å²) >= 11 is 5.42. The second-order valence-electron chi connectivity index (χ2n) is 4.13. The van der Waals surface area contributed by atoms with E-state index in [2.05, 4.69) is 48.3 Å². The molecule has 2 nitrogen and oxygen atoms in total. The lowest BCUT2D eigenvalue weighted by atomic mass is 10.2. The van der Waals surface area contributed by atoms with E-state index in [4.69, 9.17) is 12.2 Å². The number of rotatable bonds is 6. The summed E-state index contributed by atoms with van der Waals surface area (Å²) in [6.07, 6.45) is 2.26. The molecular formula is C14H22N2S. The molecule has 3 heteroatoms. The van der Waals surface area contributed by atoms with Crippen molar-refractivity contribution in [3.8, 4) is 0 Å². The van der Waals surface area contributed by atoms with Crippen LogP contribution in [-0.2, 0) is 6.54 Å². The van der Waals surface area contributed by atoms with Crippen molar-refractivity contribution in [3.63, 3.8) is 0 Å². The lowest BCUT2D eigenvalue weighted by Crippen LogP contribution is -2.40. The Morgan fingerprint density at radius 1 is 1.12 bits per heavy atom. The Morgan fingerprint density at radius 3 is 2.24 bits per heavy atom. The number of nitrogens with zero attached hydrogens (tertiary/aromatic N) is 1. The molecule has 1 aromatic carbocycles. The Hall–Kier alpha value is -1.09. The van der Waals surface area contributed by atoms with E-state index < -0.39 is 0 Å². The van der Waals surface area contributed by atoms with Gasteiger partial charge in [-0.2, -0.15) is 0 Å². The van der Waals surface area contributed by atoms with Gasteiger partial charge in [-0.1, -0.05) is 44.2 Å². The predicted molar refractivity (Wildman–Crippen MR) is 78.0 cm³/mol. The van der Waals surface area contributed by atoms with Gasteiger partial charge in [-0.05, 0) is 30.6 Å². The molecule has 0 spiro atoms. The fraction of sp³-hybridized carbons (Fsp3) is 0.500. The fourth-order valence-corrected chi connectivity index (χ4v) is 1.99. The first kappa shape index (κ1) is 14.0. The topological polar surface area (TPSA) is 15.3 Å². The maximum Gasteiger partial charge on any atom is 0.169 e. The molecular weight excluding hydrogens is 228 g/mol. The van der Waals surface area contributed by atoms with Crippen LogP contribution in [0.3, 0.4) is 0 Å². The minimum Gasteiger partial charge on any atom is -0.358 e. The maximum atomic E-state index is 5.42. The molecule has 0 fully saturated rings. The van der Waals surface area contributed by atoms with Crippen LogP contribution in [0.1, 0.15) is 32.3 Å². The van der Waals surface area contributed by atoms with Gasteiger partial charge >= 0.3 is 0 Å². The summed E-state index contributed by atoms with van der Waals surface area (Å²) in [5, 5.41) is 4.20. The van der Waals surface area contributed by atoms with Gasteiger partial charge in [-0.15, -0.1) is 0 Å². The van der Waals surface area contributed by atoms with Crippen molar-refractivity contribution in [2.24, 2.45) is 0 Å². The molecule has 1 rings (SSSR count). The SMILES string of the molecule is CCCN(CCC)C(=S)NCc1ccccc1. The predicted octanol–water partition coefficient (Wildman–Crippen LogP) is 3.18. The molecule has 0 aromatic heterocycles. The Kier molecular flexibility index (Phi) is 6.63. The van der Waals surface area contributed by atoms with Crippen LogP contribution in [0, 0.1) is 0 Å². The zero-order valence-electron chi connectivity index (χ0n) is 10.8. The van der Waals surface area contributed by atoms with Crippen LogP contribution >= 0.6 is 12.2 Å². The number of benzene rings is 1. The summed E-state index contributed by atoms with van der Waals surface area (Å²) in [5.41, 5.74) is 1.27. The van der Waals surface area contributed by atoms with Crippen LogP contribution in [0.5, 0.6) is 0 Å². The van der Waals surface area contributed by atoms with E-state index in [0.717, 1.165) is 37.6 Å². The van der Waals surface area contributed by atoms with E-state index in [9.17, 15) is 0 Å². The number of hydrogen-bond donors (Lipinski definition) is 1. The molecule has 0 aliphatic rings. The van der Waals surface area contributed by atoms with Crippen molar-refractivity contribution in [1.82, 2.24) is 10.2 Å². The van der Waals surface area contributed by atoms with Crippen LogP contribution in [0.15, 0.2) is 30.3 Å². The zero-order valence-corrected chi connectivity index (χ0v) is 11.6. The average Bonchev–Trinajstić information content (AvgIpc) is 2.37. The van der Waals surface area contributed by atoms with Crippen molar-refractivity contribution >= 4 is 17.3 Å². The van der Waals surface area contributed by atoms with E-state index in [-0.39, 0.29) is 0 Å². The fourth-order valence-electron chi connectivity index (χ4n) is 1.74. The van der Waals surface area contributed by atoms with Gasteiger partial charge in [-0.3, -0.25) is 0 Å². The van der Waals surface area contributed by atoms with Crippen molar-refractivity contribution < 1.29 is 0 Å². The van der Waals surface area contributed by atoms with Crippen LogP contribution in [0.25, 0.3) is 0 Å². The molecule has 1 aromatic rings. The summed E-state index contributed by atoms with van der Waals surface area (Å²) < 4.78 is 0. The zero-order chi connectivity index (χ0) is 12.5. The van der Waals surface area contributed by atoms with Gasteiger partial charge in [0.25, 0.3) is 0 Å². The Bertz CT molecular complexity index is 318. The van der Waals surface area contributed by atoms with Gasteiger partial charge in [0.1, 0.15) is 0 Å². The normalized spacial score (nSPS) is 10.0. The molecule has 0 bridgehead atoms. The number of thiocarbonyl (C=S) groups is 1. The molecule has 0 saturated heterocycles. The molecule has 0 atom stereocenters. The Morgan fingerprint density at radius 2 is 1.71 bits per heavy atom. The largest absolute Gasteiger partial charge is 0.358 e. The lowest BCUT2D eigenvalue weighted by Gasteiger charge is -2.24. The third kappa shape index (κ3) is 5.18. The van der Waals surface area contributed by atoms with E-state index in [1.54, 1.807) is 0 Å². The molecule has 0 saturated carbocycles. The molecule has 1 N–H and O–H groups in total.